The number of nitrogens with one attached hydrogen (secondary N) is 1. The molecule has 0 aliphatic rings. The fourth-order valence-corrected chi connectivity index (χ4v) is 4.20. The van der Waals surface area contributed by atoms with Crippen LogP contribution in [0, 0.1) is 6.92 Å². The number of rotatable bonds is 7. The highest BCUT2D eigenvalue weighted by atomic mass is 32.2. The van der Waals surface area contributed by atoms with Crippen LogP contribution in [-0.2, 0) is 5.75 Å². The van der Waals surface area contributed by atoms with E-state index in [1.807, 2.05) is 24.4 Å². The molecule has 22 heavy (non-hydrogen) atoms. The smallest absolute Gasteiger partial charge is 0.236 e. The SMILES string of the molecule is CCCNc1nnc(SCc2nc(-c3cccs3)oc2C)s1. The van der Waals surface area contributed by atoms with Gasteiger partial charge in [0.1, 0.15) is 5.76 Å². The standard InChI is InChI=1S/C14H16N4OS3/c1-3-6-15-13-17-18-14(22-13)21-8-10-9(2)19-12(16-10)11-5-4-7-20-11/h4-5,7H,3,6,8H2,1-2H3,(H,15,17). The van der Waals surface area contributed by atoms with Gasteiger partial charge in [-0.1, -0.05) is 36.1 Å². The molecule has 0 bridgehead atoms. The van der Waals surface area contributed by atoms with Crippen molar-refractivity contribution in [2.45, 2.75) is 30.4 Å². The molecule has 3 aromatic heterocycles. The third kappa shape index (κ3) is 3.68. The second kappa shape index (κ2) is 7.26. The molecule has 0 aliphatic carbocycles. The summed E-state index contributed by atoms with van der Waals surface area (Å²) in [5.41, 5.74) is 0.965. The number of hydrogen-bond acceptors (Lipinski definition) is 8. The first-order valence-corrected chi connectivity index (χ1v) is 9.64. The van der Waals surface area contributed by atoms with Crippen molar-refractivity contribution in [2.75, 3.05) is 11.9 Å². The number of nitrogens with zero attached hydrogens (tertiary/aromatic N) is 3. The van der Waals surface area contributed by atoms with Crippen molar-refractivity contribution >= 4 is 39.6 Å². The van der Waals surface area contributed by atoms with Gasteiger partial charge in [0.15, 0.2) is 4.34 Å². The van der Waals surface area contributed by atoms with Crippen LogP contribution in [0.5, 0.6) is 0 Å². The first kappa shape index (κ1) is 15.5. The zero-order valence-electron chi connectivity index (χ0n) is 12.3. The third-order valence-corrected chi connectivity index (χ3v) is 5.77. The van der Waals surface area contributed by atoms with E-state index in [4.69, 9.17) is 4.42 Å². The molecule has 0 radical (unpaired) electrons. The van der Waals surface area contributed by atoms with Crippen LogP contribution < -0.4 is 5.32 Å². The van der Waals surface area contributed by atoms with Crippen molar-refractivity contribution in [3.05, 3.63) is 29.0 Å². The molecule has 0 saturated carbocycles. The van der Waals surface area contributed by atoms with Crippen molar-refractivity contribution in [3.8, 4) is 10.8 Å². The van der Waals surface area contributed by atoms with Gasteiger partial charge in [-0.3, -0.25) is 0 Å². The highest BCUT2D eigenvalue weighted by molar-refractivity contribution is 8.00. The lowest BCUT2D eigenvalue weighted by Gasteiger charge is -1.95. The van der Waals surface area contributed by atoms with Crippen LogP contribution in [0.15, 0.2) is 26.3 Å². The molecule has 0 atom stereocenters. The van der Waals surface area contributed by atoms with Gasteiger partial charge in [0.05, 0.1) is 10.6 Å². The molecule has 0 aliphatic heterocycles. The average molecular weight is 353 g/mol. The topological polar surface area (TPSA) is 63.8 Å². The molecule has 0 fully saturated rings. The number of thiophene rings is 1. The van der Waals surface area contributed by atoms with Crippen LogP contribution in [0.25, 0.3) is 10.8 Å². The Morgan fingerprint density at radius 1 is 1.36 bits per heavy atom. The highest BCUT2D eigenvalue weighted by Crippen LogP contribution is 2.31. The van der Waals surface area contributed by atoms with Crippen LogP contribution in [0.2, 0.25) is 0 Å². The summed E-state index contributed by atoms with van der Waals surface area (Å²) in [6.07, 6.45) is 1.08. The second-order valence-corrected chi connectivity index (χ2v) is 7.74. The molecule has 0 saturated heterocycles. The lowest BCUT2D eigenvalue weighted by Crippen LogP contribution is -1.98. The van der Waals surface area contributed by atoms with Crippen molar-refractivity contribution < 1.29 is 4.42 Å². The normalized spacial score (nSPS) is 11.0. The Bertz CT molecular complexity index is 720. The Morgan fingerprint density at radius 2 is 2.27 bits per heavy atom. The predicted octanol–water partition coefficient (Wildman–Crippen LogP) is 4.68. The summed E-state index contributed by atoms with van der Waals surface area (Å²) in [6.45, 7) is 5.00. The molecule has 5 nitrogen and oxygen atoms in total. The van der Waals surface area contributed by atoms with Gasteiger partial charge < -0.3 is 9.73 Å². The molecule has 0 amide bonds. The summed E-state index contributed by atoms with van der Waals surface area (Å²) in [5, 5.41) is 14.5. The number of aromatic nitrogens is 3. The molecule has 3 rings (SSSR count). The minimum Gasteiger partial charge on any atom is -0.440 e. The molecule has 0 aromatic carbocycles. The van der Waals surface area contributed by atoms with Crippen LogP contribution in [0.4, 0.5) is 5.13 Å². The lowest BCUT2D eigenvalue weighted by molar-refractivity contribution is 0.542. The molecule has 3 heterocycles. The van der Waals surface area contributed by atoms with E-state index in [2.05, 4.69) is 27.4 Å². The fourth-order valence-electron chi connectivity index (χ4n) is 1.77. The van der Waals surface area contributed by atoms with Gasteiger partial charge in [0.25, 0.3) is 0 Å². The van der Waals surface area contributed by atoms with E-state index >= 15 is 0 Å². The van der Waals surface area contributed by atoms with E-state index < -0.39 is 0 Å². The summed E-state index contributed by atoms with van der Waals surface area (Å²) in [5.74, 6) is 2.30. The summed E-state index contributed by atoms with van der Waals surface area (Å²) >= 11 is 4.85. The molecule has 1 N–H and O–H groups in total. The maximum atomic E-state index is 5.75. The van der Waals surface area contributed by atoms with E-state index in [-0.39, 0.29) is 0 Å². The Hall–Kier alpha value is -1.38. The fraction of sp³-hybridized carbons (Fsp3) is 0.357. The van der Waals surface area contributed by atoms with E-state index in [9.17, 15) is 0 Å². The largest absolute Gasteiger partial charge is 0.440 e. The third-order valence-electron chi connectivity index (χ3n) is 2.89. The summed E-state index contributed by atoms with van der Waals surface area (Å²) < 4.78 is 6.69. The minimum atomic E-state index is 0.700. The molecule has 0 spiro atoms. The van der Waals surface area contributed by atoms with Crippen molar-refractivity contribution in [1.82, 2.24) is 15.2 Å². The maximum absolute atomic E-state index is 5.75. The zero-order valence-corrected chi connectivity index (χ0v) is 14.8. The number of hydrogen-bond donors (Lipinski definition) is 1. The van der Waals surface area contributed by atoms with Gasteiger partial charge in [-0.05, 0) is 24.8 Å². The van der Waals surface area contributed by atoms with E-state index in [1.165, 1.54) is 0 Å². The molecule has 0 unspecified atom stereocenters. The predicted molar refractivity (Wildman–Crippen MR) is 92.8 cm³/mol. The Labute approximate surface area is 141 Å². The Balaban J connectivity index is 1.63. The van der Waals surface area contributed by atoms with Crippen molar-refractivity contribution in [1.29, 1.82) is 0 Å². The van der Waals surface area contributed by atoms with E-state index in [0.717, 1.165) is 44.5 Å². The number of oxazole rings is 1. The van der Waals surface area contributed by atoms with E-state index in [0.29, 0.717) is 5.89 Å². The second-order valence-electron chi connectivity index (χ2n) is 4.59. The molecule has 3 aromatic rings. The van der Waals surface area contributed by atoms with Crippen molar-refractivity contribution in [2.24, 2.45) is 0 Å². The van der Waals surface area contributed by atoms with Crippen LogP contribution in [0.1, 0.15) is 24.8 Å². The van der Waals surface area contributed by atoms with Crippen LogP contribution in [0.3, 0.4) is 0 Å². The van der Waals surface area contributed by atoms with Gasteiger partial charge in [0.2, 0.25) is 11.0 Å². The zero-order chi connectivity index (χ0) is 15.4. The van der Waals surface area contributed by atoms with Gasteiger partial charge in [-0.15, -0.1) is 21.5 Å². The summed E-state index contributed by atoms with van der Waals surface area (Å²) in [6, 6.07) is 4.02. The first-order valence-electron chi connectivity index (χ1n) is 6.96. The van der Waals surface area contributed by atoms with Gasteiger partial charge in [-0.2, -0.15) is 0 Å². The molecule has 8 heteroatoms. The molecular weight excluding hydrogens is 336 g/mol. The van der Waals surface area contributed by atoms with Gasteiger partial charge in [-0.25, -0.2) is 4.98 Å². The number of aryl methyl sites for hydroxylation is 1. The summed E-state index contributed by atoms with van der Waals surface area (Å²) in [7, 11) is 0. The Kier molecular flexibility index (Phi) is 5.12. The monoisotopic (exact) mass is 352 g/mol. The van der Waals surface area contributed by atoms with Gasteiger partial charge in [0, 0.05) is 12.3 Å². The maximum Gasteiger partial charge on any atom is 0.236 e. The first-order chi connectivity index (χ1) is 10.8. The number of anilines is 1. The average Bonchev–Trinajstić information content (AvgIpc) is 3.24. The van der Waals surface area contributed by atoms with Gasteiger partial charge >= 0.3 is 0 Å². The molecular formula is C14H16N4OS3. The Morgan fingerprint density at radius 3 is 3.05 bits per heavy atom. The van der Waals surface area contributed by atoms with E-state index in [1.54, 1.807) is 34.4 Å². The van der Waals surface area contributed by atoms with Crippen LogP contribution in [-0.4, -0.2) is 21.7 Å². The lowest BCUT2D eigenvalue weighted by atomic mass is 10.4. The quantitative estimate of drug-likeness (QED) is 0.623. The van der Waals surface area contributed by atoms with Crippen molar-refractivity contribution in [3.63, 3.8) is 0 Å². The van der Waals surface area contributed by atoms with Crippen LogP contribution >= 0.6 is 34.4 Å². The number of thioether (sulfide) groups is 1. The summed E-state index contributed by atoms with van der Waals surface area (Å²) in [4.78, 5) is 5.64. The molecule has 116 valence electrons. The highest BCUT2D eigenvalue weighted by Gasteiger charge is 2.13. The minimum absolute atomic E-state index is 0.700.